The number of amides is 1. The van der Waals surface area contributed by atoms with Gasteiger partial charge >= 0.3 is 6.09 Å². The SMILES string of the molecule is C=CCC1C=CC=C(C#N)N1C(=O)Oc1ccccc1. The summed E-state index contributed by atoms with van der Waals surface area (Å²) in [5.41, 5.74) is 0.264. The second-order valence-corrected chi connectivity index (χ2v) is 4.19. The van der Waals surface area contributed by atoms with Crippen LogP contribution in [-0.2, 0) is 0 Å². The number of benzene rings is 1. The molecule has 0 fully saturated rings. The first kappa shape index (κ1) is 13.6. The van der Waals surface area contributed by atoms with Crippen LogP contribution in [0.3, 0.4) is 0 Å². The number of carbonyl (C=O) groups excluding carboxylic acids is 1. The number of para-hydroxylation sites is 1. The van der Waals surface area contributed by atoms with Crippen LogP contribution in [0.15, 0.2) is 66.9 Å². The predicted octanol–water partition coefficient (Wildman–Crippen LogP) is 3.41. The normalized spacial score (nSPS) is 17.1. The average Bonchev–Trinajstić information content (AvgIpc) is 2.48. The highest BCUT2D eigenvalue weighted by atomic mass is 16.6. The molecule has 1 amide bonds. The Kier molecular flexibility index (Phi) is 4.35. The van der Waals surface area contributed by atoms with Crippen LogP contribution in [0, 0.1) is 11.3 Å². The lowest BCUT2D eigenvalue weighted by Gasteiger charge is -2.29. The summed E-state index contributed by atoms with van der Waals surface area (Å²) < 4.78 is 5.29. The molecule has 0 saturated heterocycles. The third-order valence-electron chi connectivity index (χ3n) is 2.85. The van der Waals surface area contributed by atoms with E-state index in [9.17, 15) is 4.79 Å². The first-order valence-corrected chi connectivity index (χ1v) is 6.22. The summed E-state index contributed by atoms with van der Waals surface area (Å²) in [6.07, 6.45) is 6.89. The van der Waals surface area contributed by atoms with Crippen molar-refractivity contribution in [2.24, 2.45) is 0 Å². The van der Waals surface area contributed by atoms with Crippen molar-refractivity contribution >= 4 is 6.09 Å². The smallest absolute Gasteiger partial charge is 0.410 e. The van der Waals surface area contributed by atoms with Gasteiger partial charge in [0.2, 0.25) is 0 Å². The fraction of sp³-hybridized carbons (Fsp3) is 0.125. The van der Waals surface area contributed by atoms with Crippen LogP contribution in [0.1, 0.15) is 6.42 Å². The highest BCUT2D eigenvalue weighted by Crippen LogP contribution is 2.21. The van der Waals surface area contributed by atoms with Crippen LogP contribution >= 0.6 is 0 Å². The second kappa shape index (κ2) is 6.39. The highest BCUT2D eigenvalue weighted by Gasteiger charge is 2.28. The molecule has 1 aliphatic heterocycles. The van der Waals surface area contributed by atoms with Crippen LogP contribution in [0.2, 0.25) is 0 Å². The zero-order chi connectivity index (χ0) is 14.4. The summed E-state index contributed by atoms with van der Waals surface area (Å²) >= 11 is 0. The molecule has 1 aliphatic rings. The van der Waals surface area contributed by atoms with Gasteiger partial charge in [-0.25, -0.2) is 4.79 Å². The van der Waals surface area contributed by atoms with Crippen molar-refractivity contribution in [2.45, 2.75) is 12.5 Å². The first-order chi connectivity index (χ1) is 9.76. The van der Waals surface area contributed by atoms with Gasteiger partial charge in [0, 0.05) is 0 Å². The molecule has 0 saturated carbocycles. The summed E-state index contributed by atoms with van der Waals surface area (Å²) in [6.45, 7) is 3.67. The molecule has 0 bridgehead atoms. The van der Waals surface area contributed by atoms with E-state index in [1.807, 2.05) is 18.2 Å². The molecule has 1 atom stereocenters. The Balaban J connectivity index is 2.20. The monoisotopic (exact) mass is 266 g/mol. The fourth-order valence-electron chi connectivity index (χ4n) is 1.94. The standard InChI is InChI=1S/C16H14N2O2/c1-2-7-13-8-6-9-14(12-17)18(13)16(19)20-15-10-4-3-5-11-15/h2-6,8-11,13H,1,7H2. The van der Waals surface area contributed by atoms with Crippen LogP contribution in [0.4, 0.5) is 4.79 Å². The summed E-state index contributed by atoms with van der Waals surface area (Å²) in [4.78, 5) is 13.6. The molecule has 0 spiro atoms. The molecule has 0 radical (unpaired) electrons. The minimum atomic E-state index is -0.569. The van der Waals surface area contributed by atoms with Gasteiger partial charge in [0.05, 0.1) is 6.04 Å². The minimum Gasteiger partial charge on any atom is -0.410 e. The summed E-state index contributed by atoms with van der Waals surface area (Å²) in [5, 5.41) is 9.13. The van der Waals surface area contributed by atoms with Crippen LogP contribution in [0.5, 0.6) is 5.75 Å². The van der Waals surface area contributed by atoms with Crippen LogP contribution in [-0.4, -0.2) is 17.0 Å². The van der Waals surface area contributed by atoms with E-state index >= 15 is 0 Å². The maximum Gasteiger partial charge on any atom is 0.420 e. The largest absolute Gasteiger partial charge is 0.420 e. The lowest BCUT2D eigenvalue weighted by atomic mass is 10.1. The van der Waals surface area contributed by atoms with Gasteiger partial charge in [-0.15, -0.1) is 6.58 Å². The summed E-state index contributed by atoms with van der Waals surface area (Å²) in [6, 6.07) is 10.5. The minimum absolute atomic E-state index is 0.247. The third-order valence-corrected chi connectivity index (χ3v) is 2.85. The molecule has 4 heteroatoms. The number of nitrogens with zero attached hydrogens (tertiary/aromatic N) is 2. The van der Waals surface area contributed by atoms with Crippen molar-refractivity contribution in [1.29, 1.82) is 5.26 Å². The van der Waals surface area contributed by atoms with Crippen molar-refractivity contribution in [3.63, 3.8) is 0 Å². The Hall–Kier alpha value is -2.80. The average molecular weight is 266 g/mol. The lowest BCUT2D eigenvalue weighted by molar-refractivity contribution is 0.158. The molecule has 0 N–H and O–H groups in total. The molecule has 1 aromatic rings. The predicted molar refractivity (Wildman–Crippen MR) is 75.7 cm³/mol. The van der Waals surface area contributed by atoms with Gasteiger partial charge in [0.25, 0.3) is 0 Å². The van der Waals surface area contributed by atoms with Crippen molar-refractivity contribution < 1.29 is 9.53 Å². The zero-order valence-corrected chi connectivity index (χ0v) is 10.9. The second-order valence-electron chi connectivity index (χ2n) is 4.19. The Morgan fingerprint density at radius 3 is 2.85 bits per heavy atom. The van der Waals surface area contributed by atoms with E-state index in [1.165, 1.54) is 4.90 Å². The van der Waals surface area contributed by atoms with Crippen LogP contribution in [0.25, 0.3) is 0 Å². The van der Waals surface area contributed by atoms with Gasteiger partial charge in [0.1, 0.15) is 17.5 Å². The van der Waals surface area contributed by atoms with E-state index in [0.29, 0.717) is 12.2 Å². The Morgan fingerprint density at radius 1 is 1.45 bits per heavy atom. The van der Waals surface area contributed by atoms with E-state index in [4.69, 9.17) is 10.00 Å². The van der Waals surface area contributed by atoms with E-state index < -0.39 is 6.09 Å². The Bertz CT molecular complexity index is 597. The van der Waals surface area contributed by atoms with Gasteiger partial charge in [0.15, 0.2) is 0 Å². The molecular weight excluding hydrogens is 252 g/mol. The maximum absolute atomic E-state index is 12.3. The molecule has 2 rings (SSSR count). The molecule has 0 aromatic heterocycles. The van der Waals surface area contributed by atoms with Gasteiger partial charge in [-0.05, 0) is 24.6 Å². The molecule has 1 unspecified atom stereocenters. The van der Waals surface area contributed by atoms with Crippen molar-refractivity contribution in [3.8, 4) is 11.8 Å². The Labute approximate surface area is 117 Å². The van der Waals surface area contributed by atoms with E-state index in [-0.39, 0.29) is 11.7 Å². The number of nitriles is 1. The first-order valence-electron chi connectivity index (χ1n) is 6.22. The molecule has 1 heterocycles. The summed E-state index contributed by atoms with van der Waals surface area (Å²) in [7, 11) is 0. The third kappa shape index (κ3) is 2.96. The molecule has 4 nitrogen and oxygen atoms in total. The quantitative estimate of drug-likeness (QED) is 0.788. The van der Waals surface area contributed by atoms with E-state index in [1.54, 1.807) is 42.5 Å². The topological polar surface area (TPSA) is 53.3 Å². The van der Waals surface area contributed by atoms with Crippen LogP contribution < -0.4 is 4.74 Å². The van der Waals surface area contributed by atoms with E-state index in [0.717, 1.165) is 0 Å². The molecular formula is C16H14N2O2. The highest BCUT2D eigenvalue weighted by molar-refractivity contribution is 5.75. The maximum atomic E-state index is 12.3. The zero-order valence-electron chi connectivity index (χ0n) is 10.9. The van der Waals surface area contributed by atoms with E-state index in [2.05, 4.69) is 6.58 Å². The molecule has 100 valence electrons. The van der Waals surface area contributed by atoms with Gasteiger partial charge in [-0.2, -0.15) is 5.26 Å². The number of hydrogen-bond acceptors (Lipinski definition) is 3. The summed E-state index contributed by atoms with van der Waals surface area (Å²) in [5.74, 6) is 0.446. The number of hydrogen-bond donors (Lipinski definition) is 0. The molecule has 1 aromatic carbocycles. The fourth-order valence-corrected chi connectivity index (χ4v) is 1.94. The molecule has 0 aliphatic carbocycles. The number of ether oxygens (including phenoxy) is 1. The van der Waals surface area contributed by atoms with Crippen molar-refractivity contribution in [3.05, 3.63) is 66.9 Å². The number of carbonyl (C=O) groups is 1. The van der Waals surface area contributed by atoms with Gasteiger partial charge in [-0.1, -0.05) is 36.4 Å². The molecule has 20 heavy (non-hydrogen) atoms. The van der Waals surface area contributed by atoms with Gasteiger partial charge in [-0.3, -0.25) is 4.90 Å². The van der Waals surface area contributed by atoms with Crippen molar-refractivity contribution in [2.75, 3.05) is 0 Å². The Morgan fingerprint density at radius 2 is 2.20 bits per heavy atom. The van der Waals surface area contributed by atoms with Crippen molar-refractivity contribution in [1.82, 2.24) is 4.90 Å². The van der Waals surface area contributed by atoms with Gasteiger partial charge < -0.3 is 4.74 Å². The number of rotatable bonds is 3. The number of allylic oxidation sites excluding steroid dienone is 3. The lowest BCUT2D eigenvalue weighted by Crippen LogP contribution is -2.41.